The largest absolute Gasteiger partial charge is 0.349 e. The van der Waals surface area contributed by atoms with Gasteiger partial charge in [0.2, 0.25) is 0 Å². The van der Waals surface area contributed by atoms with Crippen molar-refractivity contribution in [3.63, 3.8) is 0 Å². The predicted molar refractivity (Wildman–Crippen MR) is 81.9 cm³/mol. The van der Waals surface area contributed by atoms with E-state index in [0.717, 1.165) is 6.42 Å². The molecule has 1 saturated carbocycles. The third-order valence-corrected chi connectivity index (χ3v) is 4.41. The van der Waals surface area contributed by atoms with Crippen molar-refractivity contribution < 1.29 is 4.79 Å². The first-order valence-corrected chi connectivity index (χ1v) is 7.68. The standard InChI is InChI=1S/C16H23ClN2O/c1-16(2,3)12-6-4-5-7-13(12)19-15(20)11-8-9-14(17)18-10-11/h8-10,12-13H,4-7H2,1-3H3,(H,19,20)/t12-,13-/m1/s1. The van der Waals surface area contributed by atoms with Crippen LogP contribution in [-0.4, -0.2) is 16.9 Å². The van der Waals surface area contributed by atoms with E-state index in [1.165, 1.54) is 25.5 Å². The average molecular weight is 295 g/mol. The number of carbonyl (C=O) groups excluding carboxylic acids is 1. The summed E-state index contributed by atoms with van der Waals surface area (Å²) in [5, 5.41) is 3.60. The number of hydrogen-bond donors (Lipinski definition) is 1. The Morgan fingerprint density at radius 2 is 2.00 bits per heavy atom. The van der Waals surface area contributed by atoms with Gasteiger partial charge in [0.15, 0.2) is 0 Å². The molecule has 0 bridgehead atoms. The molecule has 1 fully saturated rings. The Balaban J connectivity index is 2.07. The molecule has 0 aromatic carbocycles. The van der Waals surface area contributed by atoms with E-state index in [1.807, 2.05) is 0 Å². The van der Waals surface area contributed by atoms with Crippen LogP contribution in [0.5, 0.6) is 0 Å². The van der Waals surface area contributed by atoms with Gasteiger partial charge in [-0.15, -0.1) is 0 Å². The van der Waals surface area contributed by atoms with Gasteiger partial charge < -0.3 is 5.32 Å². The smallest absolute Gasteiger partial charge is 0.253 e. The van der Waals surface area contributed by atoms with Crippen LogP contribution in [0, 0.1) is 11.3 Å². The van der Waals surface area contributed by atoms with Gasteiger partial charge in [0.05, 0.1) is 5.56 Å². The molecule has 1 N–H and O–H groups in total. The van der Waals surface area contributed by atoms with E-state index < -0.39 is 0 Å². The normalized spacial score (nSPS) is 23.4. The van der Waals surface area contributed by atoms with Crippen LogP contribution >= 0.6 is 11.6 Å². The summed E-state index contributed by atoms with van der Waals surface area (Å²) in [6.45, 7) is 6.77. The zero-order valence-electron chi connectivity index (χ0n) is 12.4. The van der Waals surface area contributed by atoms with Gasteiger partial charge in [0.1, 0.15) is 5.15 Å². The molecule has 1 aromatic heterocycles. The maximum atomic E-state index is 12.3. The minimum absolute atomic E-state index is 0.0460. The molecule has 0 unspecified atom stereocenters. The summed E-state index contributed by atoms with van der Waals surface area (Å²) in [5.41, 5.74) is 0.795. The molecule has 20 heavy (non-hydrogen) atoms. The molecule has 4 heteroatoms. The second-order valence-corrected chi connectivity index (χ2v) is 7.09. The minimum Gasteiger partial charge on any atom is -0.349 e. The van der Waals surface area contributed by atoms with Crippen molar-refractivity contribution in [3.05, 3.63) is 29.0 Å². The second-order valence-electron chi connectivity index (χ2n) is 6.71. The molecule has 1 aliphatic carbocycles. The van der Waals surface area contributed by atoms with Crippen molar-refractivity contribution in [1.29, 1.82) is 0 Å². The lowest BCUT2D eigenvalue weighted by Crippen LogP contribution is -2.46. The van der Waals surface area contributed by atoms with E-state index in [-0.39, 0.29) is 17.4 Å². The third-order valence-electron chi connectivity index (χ3n) is 4.18. The van der Waals surface area contributed by atoms with Gasteiger partial charge in [-0.2, -0.15) is 0 Å². The topological polar surface area (TPSA) is 42.0 Å². The molecule has 3 nitrogen and oxygen atoms in total. The number of carbonyl (C=O) groups is 1. The molecular formula is C16H23ClN2O. The predicted octanol–water partition coefficient (Wildman–Crippen LogP) is 4.07. The number of nitrogens with zero attached hydrogens (tertiary/aromatic N) is 1. The Morgan fingerprint density at radius 1 is 1.30 bits per heavy atom. The van der Waals surface area contributed by atoms with Gasteiger partial charge in [-0.3, -0.25) is 4.79 Å². The van der Waals surface area contributed by atoms with Gasteiger partial charge in [0, 0.05) is 12.2 Å². The van der Waals surface area contributed by atoms with E-state index in [1.54, 1.807) is 12.1 Å². The molecule has 1 heterocycles. The van der Waals surface area contributed by atoms with Crippen LogP contribution < -0.4 is 5.32 Å². The van der Waals surface area contributed by atoms with Crippen LogP contribution in [-0.2, 0) is 0 Å². The van der Waals surface area contributed by atoms with Crippen LogP contribution in [0.2, 0.25) is 5.15 Å². The fourth-order valence-electron chi connectivity index (χ4n) is 3.10. The van der Waals surface area contributed by atoms with E-state index in [2.05, 4.69) is 31.1 Å². The van der Waals surface area contributed by atoms with Gasteiger partial charge in [-0.05, 0) is 36.3 Å². The molecule has 0 spiro atoms. The maximum Gasteiger partial charge on any atom is 0.253 e. The molecule has 0 radical (unpaired) electrons. The summed E-state index contributed by atoms with van der Waals surface area (Å²) in [7, 11) is 0. The zero-order chi connectivity index (χ0) is 14.8. The molecule has 1 aliphatic rings. The highest BCUT2D eigenvalue weighted by Gasteiger charge is 2.34. The number of hydrogen-bond acceptors (Lipinski definition) is 2. The minimum atomic E-state index is -0.0460. The Bertz CT molecular complexity index is 464. The average Bonchev–Trinajstić information content (AvgIpc) is 2.38. The molecule has 2 rings (SSSR count). The van der Waals surface area contributed by atoms with Gasteiger partial charge in [0.25, 0.3) is 5.91 Å². The van der Waals surface area contributed by atoms with Crippen molar-refractivity contribution in [2.45, 2.75) is 52.5 Å². The van der Waals surface area contributed by atoms with Crippen LogP contribution in [0.3, 0.4) is 0 Å². The van der Waals surface area contributed by atoms with Crippen molar-refractivity contribution in [2.75, 3.05) is 0 Å². The molecule has 0 aliphatic heterocycles. The number of halogens is 1. The number of aromatic nitrogens is 1. The summed E-state index contributed by atoms with van der Waals surface area (Å²) < 4.78 is 0. The number of nitrogens with one attached hydrogen (secondary N) is 1. The van der Waals surface area contributed by atoms with Gasteiger partial charge in [-0.25, -0.2) is 4.98 Å². The summed E-state index contributed by atoms with van der Waals surface area (Å²) in [4.78, 5) is 16.3. The molecule has 0 saturated heterocycles. The molecule has 110 valence electrons. The highest BCUT2D eigenvalue weighted by molar-refractivity contribution is 6.29. The number of pyridine rings is 1. The van der Waals surface area contributed by atoms with E-state index in [9.17, 15) is 4.79 Å². The Labute approximate surface area is 126 Å². The van der Waals surface area contributed by atoms with Crippen LogP contribution in [0.25, 0.3) is 0 Å². The van der Waals surface area contributed by atoms with Crippen LogP contribution in [0.1, 0.15) is 56.8 Å². The Morgan fingerprint density at radius 3 is 2.60 bits per heavy atom. The molecule has 1 amide bonds. The lowest BCUT2D eigenvalue weighted by molar-refractivity contribution is 0.0830. The lowest BCUT2D eigenvalue weighted by Gasteiger charge is -2.40. The monoisotopic (exact) mass is 294 g/mol. The van der Waals surface area contributed by atoms with E-state index in [4.69, 9.17) is 11.6 Å². The Kier molecular flexibility index (Phi) is 4.69. The molecule has 1 aromatic rings. The highest BCUT2D eigenvalue weighted by atomic mass is 35.5. The first kappa shape index (κ1) is 15.3. The first-order valence-electron chi connectivity index (χ1n) is 7.30. The van der Waals surface area contributed by atoms with Crippen molar-refractivity contribution >= 4 is 17.5 Å². The first-order chi connectivity index (χ1) is 9.38. The molecular weight excluding hydrogens is 272 g/mol. The van der Waals surface area contributed by atoms with Crippen LogP contribution in [0.4, 0.5) is 0 Å². The fourth-order valence-corrected chi connectivity index (χ4v) is 3.21. The van der Waals surface area contributed by atoms with Gasteiger partial charge >= 0.3 is 0 Å². The number of rotatable bonds is 2. The Hall–Kier alpha value is -1.09. The molecule has 2 atom stereocenters. The van der Waals surface area contributed by atoms with E-state index >= 15 is 0 Å². The van der Waals surface area contributed by atoms with Crippen molar-refractivity contribution in [1.82, 2.24) is 10.3 Å². The quantitative estimate of drug-likeness (QED) is 0.836. The highest BCUT2D eigenvalue weighted by Crippen LogP contribution is 2.38. The van der Waals surface area contributed by atoms with E-state index in [0.29, 0.717) is 16.6 Å². The lowest BCUT2D eigenvalue weighted by atomic mass is 9.69. The second kappa shape index (κ2) is 6.13. The SMILES string of the molecule is CC(C)(C)[C@@H]1CCCC[C@H]1NC(=O)c1ccc(Cl)nc1. The fraction of sp³-hybridized carbons (Fsp3) is 0.625. The van der Waals surface area contributed by atoms with Crippen molar-refractivity contribution in [2.24, 2.45) is 11.3 Å². The third kappa shape index (κ3) is 3.72. The maximum absolute atomic E-state index is 12.3. The van der Waals surface area contributed by atoms with Crippen molar-refractivity contribution in [3.8, 4) is 0 Å². The summed E-state index contributed by atoms with van der Waals surface area (Å²) in [6, 6.07) is 3.63. The summed E-state index contributed by atoms with van der Waals surface area (Å²) in [5.74, 6) is 0.482. The van der Waals surface area contributed by atoms with Gasteiger partial charge in [-0.1, -0.05) is 45.2 Å². The zero-order valence-corrected chi connectivity index (χ0v) is 13.2. The van der Waals surface area contributed by atoms with Crippen LogP contribution in [0.15, 0.2) is 18.3 Å². The summed E-state index contributed by atoms with van der Waals surface area (Å²) >= 11 is 5.75. The summed E-state index contributed by atoms with van der Waals surface area (Å²) in [6.07, 6.45) is 6.24. The number of amides is 1.